The molecular formula is C22H23O7P. The zero-order valence-electron chi connectivity index (χ0n) is 16.4. The maximum Gasteiger partial charge on any atom is 0.401 e. The molecule has 0 aliphatic carbocycles. The summed E-state index contributed by atoms with van der Waals surface area (Å²) >= 11 is 0. The summed E-state index contributed by atoms with van der Waals surface area (Å²) in [5.74, 6) is 2.19. The molecule has 0 saturated carbocycles. The van der Waals surface area contributed by atoms with Crippen molar-refractivity contribution in [2.75, 3.05) is 20.3 Å². The summed E-state index contributed by atoms with van der Waals surface area (Å²) in [6.45, 7) is 0.0617. The topological polar surface area (TPSA) is 94.5 Å². The summed E-state index contributed by atoms with van der Waals surface area (Å²) in [4.78, 5) is 9.54. The highest BCUT2D eigenvalue weighted by Crippen LogP contribution is 2.42. The van der Waals surface area contributed by atoms with Crippen LogP contribution in [0.25, 0.3) is 0 Å². The fraction of sp³-hybridized carbons (Fsp3) is 0.182. The van der Waals surface area contributed by atoms with Crippen LogP contribution in [0.15, 0.2) is 72.8 Å². The smallest absolute Gasteiger partial charge is 0.401 e. The number of para-hydroxylation sites is 1. The number of benzene rings is 3. The average Bonchev–Trinajstić information content (AvgIpc) is 2.75. The van der Waals surface area contributed by atoms with Crippen molar-refractivity contribution in [2.45, 2.75) is 6.42 Å². The van der Waals surface area contributed by atoms with Crippen molar-refractivity contribution >= 4 is 7.60 Å². The molecule has 0 aliphatic heterocycles. The van der Waals surface area contributed by atoms with Crippen molar-refractivity contribution < 1.29 is 33.3 Å². The van der Waals surface area contributed by atoms with E-state index in [0.717, 1.165) is 16.9 Å². The molecule has 0 aromatic heterocycles. The first kappa shape index (κ1) is 21.9. The second-order valence-electron chi connectivity index (χ2n) is 6.43. The van der Waals surface area contributed by atoms with Crippen LogP contribution in [0.3, 0.4) is 0 Å². The molecule has 158 valence electrons. The largest absolute Gasteiger partial charge is 0.467 e. The summed E-state index contributed by atoms with van der Waals surface area (Å²) in [6.07, 6.45) is -0.482. The highest BCUT2D eigenvalue weighted by molar-refractivity contribution is 7.52. The molecular weight excluding hydrogens is 407 g/mol. The van der Waals surface area contributed by atoms with Crippen LogP contribution in [0.1, 0.15) is 11.1 Å². The Bertz CT molecular complexity index is 990. The van der Waals surface area contributed by atoms with E-state index >= 15 is 0 Å². The van der Waals surface area contributed by atoms with Gasteiger partial charge < -0.3 is 28.7 Å². The summed E-state index contributed by atoms with van der Waals surface area (Å²) in [6, 6.07) is 21.8. The molecule has 0 radical (unpaired) electrons. The monoisotopic (exact) mass is 430 g/mol. The van der Waals surface area contributed by atoms with Gasteiger partial charge in [0.25, 0.3) is 0 Å². The van der Waals surface area contributed by atoms with Gasteiger partial charge in [0.15, 0.2) is 13.1 Å². The maximum absolute atomic E-state index is 11.7. The van der Waals surface area contributed by atoms with Crippen molar-refractivity contribution in [1.29, 1.82) is 0 Å². The van der Waals surface area contributed by atoms with E-state index in [9.17, 15) is 9.46 Å². The Balaban J connectivity index is 1.78. The van der Waals surface area contributed by atoms with E-state index in [4.69, 9.17) is 23.8 Å². The minimum absolute atomic E-state index is 0.0617. The Morgan fingerprint density at radius 3 is 2.23 bits per heavy atom. The van der Waals surface area contributed by atoms with Gasteiger partial charge >= 0.3 is 7.60 Å². The van der Waals surface area contributed by atoms with E-state index in [1.165, 1.54) is 13.2 Å². The number of hydrogen-bond donors (Lipinski definition) is 2. The van der Waals surface area contributed by atoms with Crippen molar-refractivity contribution in [3.8, 4) is 23.0 Å². The van der Waals surface area contributed by atoms with Gasteiger partial charge in [0, 0.05) is 19.1 Å². The standard InChI is InChI=1S/C22H23O7P/c1-26-16-27-22-12-11-21(29-30(24,25)15-23)14-18(22)13-17-7-9-20(10-8-17)28-19-5-3-2-4-6-19/h2-12,14,23H,13,15-16H2,1H3,(H,24,25). The van der Waals surface area contributed by atoms with Gasteiger partial charge in [-0.05, 0) is 48.0 Å². The highest BCUT2D eigenvalue weighted by Gasteiger charge is 2.20. The quantitative estimate of drug-likeness (QED) is 0.360. The fourth-order valence-electron chi connectivity index (χ4n) is 2.73. The second kappa shape index (κ2) is 10.3. The first-order valence-corrected chi connectivity index (χ1v) is 10.9. The van der Waals surface area contributed by atoms with Gasteiger partial charge in [-0.2, -0.15) is 0 Å². The Kier molecular flexibility index (Phi) is 7.49. The molecule has 1 atom stereocenters. The van der Waals surface area contributed by atoms with Crippen molar-refractivity contribution in [3.05, 3.63) is 83.9 Å². The third kappa shape index (κ3) is 6.34. The number of aliphatic hydroxyl groups is 1. The van der Waals surface area contributed by atoms with E-state index in [2.05, 4.69) is 0 Å². The van der Waals surface area contributed by atoms with Crippen LogP contribution in [-0.2, 0) is 15.7 Å². The lowest BCUT2D eigenvalue weighted by Gasteiger charge is -2.15. The van der Waals surface area contributed by atoms with Crippen molar-refractivity contribution in [1.82, 2.24) is 0 Å². The average molecular weight is 430 g/mol. The molecule has 8 heteroatoms. The van der Waals surface area contributed by atoms with Gasteiger partial charge in [-0.1, -0.05) is 30.3 Å². The molecule has 0 bridgehead atoms. The Labute approximate surface area is 175 Å². The molecule has 3 aromatic carbocycles. The Hall–Kier alpha value is -2.83. The molecule has 0 aliphatic rings. The molecule has 0 heterocycles. The molecule has 3 aromatic rings. The SMILES string of the molecule is COCOc1ccc(OP(=O)(O)CO)cc1Cc1ccc(Oc2ccccc2)cc1. The lowest BCUT2D eigenvalue weighted by atomic mass is 10.0. The van der Waals surface area contributed by atoms with Crippen molar-refractivity contribution in [3.63, 3.8) is 0 Å². The Morgan fingerprint density at radius 2 is 1.57 bits per heavy atom. The van der Waals surface area contributed by atoms with E-state index < -0.39 is 13.9 Å². The molecule has 3 rings (SSSR count). The molecule has 2 N–H and O–H groups in total. The van der Waals surface area contributed by atoms with E-state index in [1.54, 1.807) is 12.1 Å². The summed E-state index contributed by atoms with van der Waals surface area (Å²) in [5.41, 5.74) is 1.71. The molecule has 1 unspecified atom stereocenters. The molecule has 0 saturated heterocycles. The van der Waals surface area contributed by atoms with Crippen molar-refractivity contribution in [2.24, 2.45) is 0 Å². The number of ether oxygens (including phenoxy) is 3. The normalized spacial score (nSPS) is 12.8. The first-order valence-electron chi connectivity index (χ1n) is 9.18. The number of rotatable bonds is 10. The van der Waals surface area contributed by atoms with Crippen LogP contribution in [0.5, 0.6) is 23.0 Å². The lowest BCUT2D eigenvalue weighted by molar-refractivity contribution is 0.0505. The molecule has 30 heavy (non-hydrogen) atoms. The fourth-order valence-corrected chi connectivity index (χ4v) is 3.23. The van der Waals surface area contributed by atoms with Crippen LogP contribution < -0.4 is 14.0 Å². The van der Waals surface area contributed by atoms with Crippen LogP contribution in [0, 0.1) is 0 Å². The zero-order valence-corrected chi connectivity index (χ0v) is 17.3. The highest BCUT2D eigenvalue weighted by atomic mass is 31.2. The van der Waals surface area contributed by atoms with Gasteiger partial charge in [0.1, 0.15) is 23.0 Å². The third-order valence-electron chi connectivity index (χ3n) is 4.09. The zero-order chi connectivity index (χ0) is 21.4. The minimum Gasteiger partial charge on any atom is -0.467 e. The van der Waals surface area contributed by atoms with Gasteiger partial charge in [0.2, 0.25) is 0 Å². The minimum atomic E-state index is -4.10. The van der Waals surface area contributed by atoms with Crippen LogP contribution in [0.4, 0.5) is 0 Å². The molecule has 0 amide bonds. The van der Waals surface area contributed by atoms with E-state index in [0.29, 0.717) is 17.9 Å². The predicted octanol–water partition coefficient (Wildman–Crippen LogP) is 4.57. The van der Waals surface area contributed by atoms with Crippen LogP contribution >= 0.6 is 7.60 Å². The van der Waals surface area contributed by atoms with E-state index in [-0.39, 0.29) is 12.5 Å². The first-order chi connectivity index (χ1) is 14.5. The van der Waals surface area contributed by atoms with Gasteiger partial charge in [-0.3, -0.25) is 0 Å². The molecule has 7 nitrogen and oxygen atoms in total. The van der Waals surface area contributed by atoms with Crippen LogP contribution in [-0.4, -0.2) is 30.3 Å². The number of methoxy groups -OCH3 is 1. The summed E-state index contributed by atoms with van der Waals surface area (Å²) in [5, 5.41) is 8.97. The molecule has 0 fully saturated rings. The number of hydrogen-bond acceptors (Lipinski definition) is 6. The number of aliphatic hydroxyl groups excluding tert-OH is 1. The van der Waals surface area contributed by atoms with Crippen LogP contribution in [0.2, 0.25) is 0 Å². The molecule has 0 spiro atoms. The van der Waals surface area contributed by atoms with Gasteiger partial charge in [0.05, 0.1) is 0 Å². The summed E-state index contributed by atoms with van der Waals surface area (Å²) < 4.78 is 33.1. The van der Waals surface area contributed by atoms with Gasteiger partial charge in [-0.25, -0.2) is 4.57 Å². The maximum atomic E-state index is 11.7. The Morgan fingerprint density at radius 1 is 0.900 bits per heavy atom. The van der Waals surface area contributed by atoms with Gasteiger partial charge in [-0.15, -0.1) is 0 Å². The third-order valence-corrected chi connectivity index (χ3v) is 4.94. The second-order valence-corrected chi connectivity index (χ2v) is 8.17. The lowest BCUT2D eigenvalue weighted by Crippen LogP contribution is -2.03. The predicted molar refractivity (Wildman–Crippen MR) is 112 cm³/mol. The van der Waals surface area contributed by atoms with E-state index in [1.807, 2.05) is 54.6 Å². The summed E-state index contributed by atoms with van der Waals surface area (Å²) in [7, 11) is -2.58.